The van der Waals surface area contributed by atoms with Gasteiger partial charge in [-0.2, -0.15) is 0 Å². The maximum atomic E-state index is 13.5. The Morgan fingerprint density at radius 2 is 2.00 bits per heavy atom. The van der Waals surface area contributed by atoms with Crippen molar-refractivity contribution < 1.29 is 13.9 Å². The van der Waals surface area contributed by atoms with Crippen molar-refractivity contribution in [3.63, 3.8) is 0 Å². The quantitative estimate of drug-likeness (QED) is 0.620. The van der Waals surface area contributed by atoms with Gasteiger partial charge in [0.05, 0.1) is 12.3 Å². The highest BCUT2D eigenvalue weighted by Crippen LogP contribution is 2.19. The second-order valence-electron chi connectivity index (χ2n) is 4.42. The zero-order chi connectivity index (χ0) is 15.9. The van der Waals surface area contributed by atoms with Crippen LogP contribution in [0.15, 0.2) is 54.7 Å². The summed E-state index contributed by atoms with van der Waals surface area (Å²) in [4.78, 5) is 12.0. The fraction of sp³-hybridized carbons (Fsp3) is 0.118. The van der Waals surface area contributed by atoms with Crippen LogP contribution in [0.3, 0.4) is 0 Å². The molecule has 1 N–H and O–H groups in total. The topological polar surface area (TPSA) is 38.3 Å². The van der Waals surface area contributed by atoms with Gasteiger partial charge in [0, 0.05) is 22.9 Å². The summed E-state index contributed by atoms with van der Waals surface area (Å²) >= 11 is 5.67. The molecule has 114 valence electrons. The second-order valence-corrected chi connectivity index (χ2v) is 4.86. The number of benzene rings is 2. The van der Waals surface area contributed by atoms with Crippen molar-refractivity contribution in [3.05, 3.63) is 71.1 Å². The van der Waals surface area contributed by atoms with Crippen molar-refractivity contribution in [2.45, 2.75) is 6.92 Å². The van der Waals surface area contributed by atoms with Gasteiger partial charge in [-0.3, -0.25) is 4.79 Å². The molecule has 2 aromatic rings. The molecule has 2 rings (SSSR count). The van der Waals surface area contributed by atoms with Crippen molar-refractivity contribution in [2.75, 3.05) is 11.9 Å². The molecule has 0 amide bonds. The van der Waals surface area contributed by atoms with Crippen molar-refractivity contribution in [3.8, 4) is 5.75 Å². The molecule has 0 aliphatic heterocycles. The monoisotopic (exact) mass is 319 g/mol. The van der Waals surface area contributed by atoms with Crippen LogP contribution in [0.2, 0.25) is 5.02 Å². The van der Waals surface area contributed by atoms with Gasteiger partial charge in [-0.15, -0.1) is 0 Å². The molecular weight excluding hydrogens is 305 g/mol. The van der Waals surface area contributed by atoms with E-state index in [4.69, 9.17) is 16.3 Å². The summed E-state index contributed by atoms with van der Waals surface area (Å²) in [6.45, 7) is 2.47. The maximum absolute atomic E-state index is 13.5. The third kappa shape index (κ3) is 4.33. The molecule has 22 heavy (non-hydrogen) atoms. The van der Waals surface area contributed by atoms with Crippen LogP contribution in [0, 0.1) is 5.82 Å². The minimum Gasteiger partial charge on any atom is -0.494 e. The Balaban J connectivity index is 1.98. The van der Waals surface area contributed by atoms with E-state index in [-0.39, 0.29) is 11.5 Å². The van der Waals surface area contributed by atoms with Gasteiger partial charge in [0.1, 0.15) is 11.6 Å². The lowest BCUT2D eigenvalue weighted by atomic mass is 10.1. The predicted molar refractivity (Wildman–Crippen MR) is 86.1 cm³/mol. The highest BCUT2D eigenvalue weighted by atomic mass is 35.5. The number of anilines is 1. The third-order valence-corrected chi connectivity index (χ3v) is 3.09. The maximum Gasteiger partial charge on any atom is 0.187 e. The molecule has 0 aromatic heterocycles. The Kier molecular flexibility index (Phi) is 5.55. The van der Waals surface area contributed by atoms with Crippen LogP contribution in [0.5, 0.6) is 5.75 Å². The number of halogens is 2. The number of nitrogens with one attached hydrogen (secondary N) is 1. The van der Waals surface area contributed by atoms with Crippen LogP contribution in [0.4, 0.5) is 10.1 Å². The standard InChI is InChI=1S/C17H15ClFNO2/c1-2-22-14-6-3-12(4-7-14)17(21)9-10-20-16-8-5-13(18)11-15(16)19/h3-11,20H,2H2,1H3/b10-9+. The molecule has 2 aromatic carbocycles. The first-order valence-corrected chi connectivity index (χ1v) is 7.13. The number of hydrogen-bond acceptors (Lipinski definition) is 3. The largest absolute Gasteiger partial charge is 0.494 e. The van der Waals surface area contributed by atoms with Gasteiger partial charge in [0.15, 0.2) is 5.78 Å². The molecule has 0 fully saturated rings. The number of carbonyl (C=O) groups is 1. The lowest BCUT2D eigenvalue weighted by molar-refractivity contribution is 0.104. The highest BCUT2D eigenvalue weighted by molar-refractivity contribution is 6.30. The molecule has 0 aliphatic carbocycles. The minimum absolute atomic E-state index is 0.190. The van der Waals surface area contributed by atoms with Crippen LogP contribution >= 0.6 is 11.6 Å². The molecule has 0 unspecified atom stereocenters. The predicted octanol–water partition coefficient (Wildman–Crippen LogP) is 4.69. The minimum atomic E-state index is -0.481. The van der Waals surface area contributed by atoms with Crippen molar-refractivity contribution in [1.29, 1.82) is 0 Å². The summed E-state index contributed by atoms with van der Waals surface area (Å²) in [7, 11) is 0. The summed E-state index contributed by atoms with van der Waals surface area (Å²) in [5.74, 6) is 0.0416. The van der Waals surface area contributed by atoms with Gasteiger partial charge in [0.25, 0.3) is 0 Å². The number of hydrogen-bond donors (Lipinski definition) is 1. The van der Waals surface area contributed by atoms with Gasteiger partial charge in [-0.05, 0) is 49.4 Å². The van der Waals surface area contributed by atoms with Gasteiger partial charge in [-0.25, -0.2) is 4.39 Å². The van der Waals surface area contributed by atoms with Crippen LogP contribution < -0.4 is 10.1 Å². The van der Waals surface area contributed by atoms with Crippen LogP contribution in [0.25, 0.3) is 0 Å². The Labute approximate surface area is 133 Å². The van der Waals surface area contributed by atoms with E-state index in [0.29, 0.717) is 22.9 Å². The first-order chi connectivity index (χ1) is 10.6. The average molecular weight is 320 g/mol. The highest BCUT2D eigenvalue weighted by Gasteiger charge is 2.03. The normalized spacial score (nSPS) is 10.7. The Hall–Kier alpha value is -2.33. The number of ether oxygens (including phenoxy) is 1. The van der Waals surface area contributed by atoms with Gasteiger partial charge in [-0.1, -0.05) is 11.6 Å². The van der Waals surface area contributed by atoms with E-state index in [1.54, 1.807) is 30.3 Å². The molecule has 0 spiro atoms. The summed E-state index contributed by atoms with van der Waals surface area (Å²) in [6.07, 6.45) is 2.73. The fourth-order valence-electron chi connectivity index (χ4n) is 1.79. The number of rotatable bonds is 6. The molecule has 0 saturated carbocycles. The van der Waals surface area contributed by atoms with Crippen molar-refractivity contribution in [1.82, 2.24) is 0 Å². The smallest absolute Gasteiger partial charge is 0.187 e. The van der Waals surface area contributed by atoms with E-state index >= 15 is 0 Å². The Bertz CT molecular complexity index is 684. The zero-order valence-electron chi connectivity index (χ0n) is 12.0. The van der Waals surface area contributed by atoms with Gasteiger partial charge in [0.2, 0.25) is 0 Å². The van der Waals surface area contributed by atoms with Crippen molar-refractivity contribution in [2.24, 2.45) is 0 Å². The summed E-state index contributed by atoms with van der Waals surface area (Å²) in [5.41, 5.74) is 0.776. The molecule has 5 heteroatoms. The molecule has 0 heterocycles. The van der Waals surface area contributed by atoms with E-state index in [1.807, 2.05) is 6.92 Å². The first kappa shape index (κ1) is 16.0. The fourth-order valence-corrected chi connectivity index (χ4v) is 1.95. The van der Waals surface area contributed by atoms with E-state index in [2.05, 4.69) is 5.32 Å². The van der Waals surface area contributed by atoms with Gasteiger partial charge < -0.3 is 10.1 Å². The van der Waals surface area contributed by atoms with Crippen LogP contribution in [-0.4, -0.2) is 12.4 Å². The van der Waals surface area contributed by atoms with E-state index in [1.165, 1.54) is 24.4 Å². The molecule has 0 saturated heterocycles. The molecular formula is C17H15ClFNO2. The number of allylic oxidation sites excluding steroid dienone is 1. The summed E-state index contributed by atoms with van der Waals surface area (Å²) < 4.78 is 18.8. The molecule has 3 nitrogen and oxygen atoms in total. The third-order valence-electron chi connectivity index (χ3n) is 2.85. The van der Waals surface area contributed by atoms with E-state index < -0.39 is 5.82 Å². The summed E-state index contributed by atoms with van der Waals surface area (Å²) in [6, 6.07) is 11.1. The number of carbonyl (C=O) groups excluding carboxylic acids is 1. The Morgan fingerprint density at radius 1 is 1.27 bits per heavy atom. The lowest BCUT2D eigenvalue weighted by Crippen LogP contribution is -1.98. The zero-order valence-corrected chi connectivity index (χ0v) is 12.7. The lowest BCUT2D eigenvalue weighted by Gasteiger charge is -2.04. The average Bonchev–Trinajstić information content (AvgIpc) is 2.50. The van der Waals surface area contributed by atoms with Crippen LogP contribution in [0.1, 0.15) is 17.3 Å². The van der Waals surface area contributed by atoms with Crippen molar-refractivity contribution >= 4 is 23.1 Å². The first-order valence-electron chi connectivity index (χ1n) is 6.75. The molecule has 0 atom stereocenters. The number of ketones is 1. The van der Waals surface area contributed by atoms with E-state index in [9.17, 15) is 9.18 Å². The summed E-state index contributed by atoms with van der Waals surface area (Å²) in [5, 5.41) is 3.03. The van der Waals surface area contributed by atoms with E-state index in [0.717, 1.165) is 0 Å². The molecule has 0 aliphatic rings. The van der Waals surface area contributed by atoms with Crippen LogP contribution in [-0.2, 0) is 0 Å². The second kappa shape index (κ2) is 7.61. The molecule has 0 radical (unpaired) electrons. The SMILES string of the molecule is CCOc1ccc(C(=O)/C=C/Nc2ccc(Cl)cc2F)cc1. The van der Waals surface area contributed by atoms with Gasteiger partial charge >= 0.3 is 0 Å². The Morgan fingerprint density at radius 3 is 2.64 bits per heavy atom. The molecule has 0 bridgehead atoms.